The number of hydrogen-bond acceptors (Lipinski definition) is 3. The summed E-state index contributed by atoms with van der Waals surface area (Å²) in [5.41, 5.74) is 7.11. The maximum absolute atomic E-state index is 12.4. The van der Waals surface area contributed by atoms with Gasteiger partial charge >= 0.3 is 0 Å². The molecule has 1 aromatic rings. The number of aryl methyl sites for hydroxylation is 1. The Bertz CT molecular complexity index is 498. The first-order valence-corrected chi connectivity index (χ1v) is 7.73. The van der Waals surface area contributed by atoms with Crippen molar-refractivity contribution in [2.75, 3.05) is 18.8 Å². The first-order chi connectivity index (χ1) is 8.43. The van der Waals surface area contributed by atoms with Gasteiger partial charge in [-0.2, -0.15) is 4.31 Å². The van der Waals surface area contributed by atoms with Crippen molar-refractivity contribution < 1.29 is 8.42 Å². The smallest absolute Gasteiger partial charge is 0.245 e. The monoisotopic (exact) mass is 270 g/mol. The van der Waals surface area contributed by atoms with Gasteiger partial charge in [-0.05, 0) is 31.0 Å². The molecular formula is C13H22N2O2S. The quantitative estimate of drug-likeness (QED) is 0.807. The van der Waals surface area contributed by atoms with E-state index in [0.29, 0.717) is 18.8 Å². The van der Waals surface area contributed by atoms with Crippen LogP contribution in [-0.2, 0) is 10.0 Å². The van der Waals surface area contributed by atoms with Gasteiger partial charge in [0.25, 0.3) is 0 Å². The minimum atomic E-state index is -3.46. The van der Waals surface area contributed by atoms with Crippen LogP contribution in [0.1, 0.15) is 32.3 Å². The summed E-state index contributed by atoms with van der Waals surface area (Å²) in [6.07, 6.45) is 1.83. The van der Waals surface area contributed by atoms with Gasteiger partial charge < -0.3 is 5.73 Å². The van der Waals surface area contributed by atoms with Crippen molar-refractivity contribution in [2.24, 2.45) is 0 Å². The number of sulfonamides is 1. The lowest BCUT2D eigenvalue weighted by atomic mass is 10.2. The minimum Gasteiger partial charge on any atom is -0.398 e. The molecule has 0 aliphatic carbocycles. The van der Waals surface area contributed by atoms with Crippen molar-refractivity contribution in [2.45, 2.75) is 38.5 Å². The summed E-state index contributed by atoms with van der Waals surface area (Å²) in [6, 6.07) is 5.06. The highest BCUT2D eigenvalue weighted by atomic mass is 32.2. The molecule has 4 nitrogen and oxygen atoms in total. The molecular weight excluding hydrogens is 248 g/mol. The van der Waals surface area contributed by atoms with Crippen molar-refractivity contribution >= 4 is 15.7 Å². The first-order valence-electron chi connectivity index (χ1n) is 6.29. The van der Waals surface area contributed by atoms with E-state index in [1.54, 1.807) is 18.2 Å². The third-order valence-electron chi connectivity index (χ3n) is 2.90. The molecule has 0 spiro atoms. The lowest BCUT2D eigenvalue weighted by Gasteiger charge is -2.21. The van der Waals surface area contributed by atoms with E-state index in [9.17, 15) is 8.42 Å². The van der Waals surface area contributed by atoms with Crippen molar-refractivity contribution in [3.8, 4) is 0 Å². The third kappa shape index (κ3) is 3.23. The van der Waals surface area contributed by atoms with E-state index < -0.39 is 10.0 Å². The zero-order valence-electron chi connectivity index (χ0n) is 11.3. The minimum absolute atomic E-state index is 0.214. The number of benzene rings is 1. The van der Waals surface area contributed by atoms with Crippen LogP contribution in [0.2, 0.25) is 0 Å². The molecule has 0 atom stereocenters. The summed E-state index contributed by atoms with van der Waals surface area (Å²) in [6.45, 7) is 6.79. The summed E-state index contributed by atoms with van der Waals surface area (Å²) in [5.74, 6) is 0. The van der Waals surface area contributed by atoms with Crippen molar-refractivity contribution in [1.82, 2.24) is 4.31 Å². The Morgan fingerprint density at radius 1 is 1.28 bits per heavy atom. The van der Waals surface area contributed by atoms with E-state index in [2.05, 4.69) is 0 Å². The molecule has 0 aliphatic rings. The van der Waals surface area contributed by atoms with Gasteiger partial charge in [0.1, 0.15) is 4.90 Å². The normalized spacial score (nSPS) is 12.0. The largest absolute Gasteiger partial charge is 0.398 e. The topological polar surface area (TPSA) is 63.4 Å². The van der Waals surface area contributed by atoms with Crippen molar-refractivity contribution in [1.29, 1.82) is 0 Å². The van der Waals surface area contributed by atoms with E-state index >= 15 is 0 Å². The van der Waals surface area contributed by atoms with Crippen molar-refractivity contribution in [3.63, 3.8) is 0 Å². The Balaban J connectivity index is 3.10. The average molecular weight is 270 g/mol. The number of hydrogen-bond donors (Lipinski definition) is 1. The van der Waals surface area contributed by atoms with Crippen LogP contribution in [0.5, 0.6) is 0 Å². The molecule has 5 heteroatoms. The molecule has 102 valence electrons. The molecule has 0 bridgehead atoms. The number of anilines is 1. The lowest BCUT2D eigenvalue weighted by Crippen LogP contribution is -2.32. The van der Waals surface area contributed by atoms with E-state index in [0.717, 1.165) is 18.4 Å². The Morgan fingerprint density at radius 2 is 1.94 bits per heavy atom. The second kappa shape index (κ2) is 6.20. The molecule has 0 saturated heterocycles. The Kier molecular flexibility index (Phi) is 5.16. The lowest BCUT2D eigenvalue weighted by molar-refractivity contribution is 0.419. The number of nitrogens with two attached hydrogens (primary N) is 1. The fourth-order valence-corrected chi connectivity index (χ4v) is 3.41. The first kappa shape index (κ1) is 15.0. The zero-order valence-corrected chi connectivity index (χ0v) is 12.1. The molecule has 0 saturated carbocycles. The van der Waals surface area contributed by atoms with Gasteiger partial charge in [-0.3, -0.25) is 0 Å². The molecule has 0 aromatic heterocycles. The second-order valence-electron chi connectivity index (χ2n) is 4.39. The van der Waals surface area contributed by atoms with Gasteiger partial charge in [-0.15, -0.1) is 0 Å². The van der Waals surface area contributed by atoms with Gasteiger partial charge in [-0.1, -0.05) is 26.3 Å². The maximum atomic E-state index is 12.4. The van der Waals surface area contributed by atoms with Crippen LogP contribution in [-0.4, -0.2) is 25.8 Å². The van der Waals surface area contributed by atoms with E-state index in [-0.39, 0.29) is 4.90 Å². The molecule has 0 radical (unpaired) electrons. The van der Waals surface area contributed by atoms with E-state index in [1.807, 2.05) is 20.8 Å². The number of nitrogen functional groups attached to an aromatic ring is 1. The van der Waals surface area contributed by atoms with Crippen LogP contribution < -0.4 is 5.73 Å². The molecule has 18 heavy (non-hydrogen) atoms. The van der Waals surface area contributed by atoms with Crippen LogP contribution in [0.3, 0.4) is 0 Å². The highest BCUT2D eigenvalue weighted by molar-refractivity contribution is 7.89. The highest BCUT2D eigenvalue weighted by Crippen LogP contribution is 2.23. The van der Waals surface area contributed by atoms with Crippen LogP contribution in [0, 0.1) is 6.92 Å². The molecule has 0 heterocycles. The predicted molar refractivity (Wildman–Crippen MR) is 74.9 cm³/mol. The molecule has 0 fully saturated rings. The number of unbranched alkanes of at least 4 members (excludes halogenated alkanes) is 1. The van der Waals surface area contributed by atoms with E-state index in [4.69, 9.17) is 5.73 Å². The summed E-state index contributed by atoms with van der Waals surface area (Å²) in [4.78, 5) is 0.214. The molecule has 0 amide bonds. The second-order valence-corrected chi connectivity index (χ2v) is 6.30. The van der Waals surface area contributed by atoms with Crippen LogP contribution in [0.15, 0.2) is 23.1 Å². The van der Waals surface area contributed by atoms with Crippen molar-refractivity contribution in [3.05, 3.63) is 23.8 Å². The zero-order chi connectivity index (χ0) is 13.8. The fraction of sp³-hybridized carbons (Fsp3) is 0.538. The Labute approximate surface area is 110 Å². The van der Waals surface area contributed by atoms with Crippen LogP contribution in [0.4, 0.5) is 5.69 Å². The van der Waals surface area contributed by atoms with Crippen LogP contribution >= 0.6 is 0 Å². The molecule has 0 aliphatic heterocycles. The number of rotatable bonds is 6. The SMILES string of the molecule is CCCCN(CC)S(=O)(=O)c1ccc(C)cc1N. The summed E-state index contributed by atoms with van der Waals surface area (Å²) in [7, 11) is -3.46. The Hall–Kier alpha value is -1.07. The Morgan fingerprint density at radius 3 is 2.44 bits per heavy atom. The molecule has 2 N–H and O–H groups in total. The third-order valence-corrected chi connectivity index (χ3v) is 4.95. The summed E-state index contributed by atoms with van der Waals surface area (Å²) >= 11 is 0. The molecule has 0 unspecified atom stereocenters. The highest BCUT2D eigenvalue weighted by Gasteiger charge is 2.24. The predicted octanol–water partition coefficient (Wildman–Crippen LogP) is 2.39. The molecule has 1 rings (SSSR count). The van der Waals surface area contributed by atoms with Gasteiger partial charge in [0.15, 0.2) is 0 Å². The maximum Gasteiger partial charge on any atom is 0.245 e. The summed E-state index contributed by atoms with van der Waals surface area (Å²) in [5, 5.41) is 0. The molecule has 1 aromatic carbocycles. The standard InChI is InChI=1S/C13H22N2O2S/c1-4-6-9-15(5-2)18(16,17)13-8-7-11(3)10-12(13)14/h7-8,10H,4-6,9,14H2,1-3H3. The van der Waals surface area contributed by atoms with Gasteiger partial charge in [0, 0.05) is 13.1 Å². The van der Waals surface area contributed by atoms with Gasteiger partial charge in [-0.25, -0.2) is 8.42 Å². The summed E-state index contributed by atoms with van der Waals surface area (Å²) < 4.78 is 26.4. The fourth-order valence-electron chi connectivity index (χ4n) is 1.82. The number of nitrogens with zero attached hydrogens (tertiary/aromatic N) is 1. The van der Waals surface area contributed by atoms with Gasteiger partial charge in [0.05, 0.1) is 5.69 Å². The average Bonchev–Trinajstić information content (AvgIpc) is 2.29. The van der Waals surface area contributed by atoms with Gasteiger partial charge in [0.2, 0.25) is 10.0 Å². The van der Waals surface area contributed by atoms with Crippen LogP contribution in [0.25, 0.3) is 0 Å². The van der Waals surface area contributed by atoms with E-state index in [1.165, 1.54) is 4.31 Å².